The SMILES string of the molecule is CCCOC(=O)C(C)(CO)CC(Cc1ccc(-c2ccccc2)cc1)NC(=O)c1cnn[nH]1. The monoisotopic (exact) mass is 450 g/mol. The first-order valence-corrected chi connectivity index (χ1v) is 11.0. The highest BCUT2D eigenvalue weighted by Gasteiger charge is 2.37. The molecule has 0 fully saturated rings. The first-order chi connectivity index (χ1) is 15.9. The minimum Gasteiger partial charge on any atom is -0.465 e. The van der Waals surface area contributed by atoms with Crippen molar-refractivity contribution in [1.29, 1.82) is 0 Å². The van der Waals surface area contributed by atoms with Gasteiger partial charge in [0.05, 0.1) is 24.8 Å². The van der Waals surface area contributed by atoms with E-state index in [0.717, 1.165) is 16.7 Å². The second kappa shape index (κ2) is 11.4. The highest BCUT2D eigenvalue weighted by atomic mass is 16.5. The Bertz CT molecular complexity index is 1020. The van der Waals surface area contributed by atoms with Crippen LogP contribution in [0.1, 0.15) is 42.7 Å². The van der Waals surface area contributed by atoms with Gasteiger partial charge in [-0.3, -0.25) is 14.7 Å². The lowest BCUT2D eigenvalue weighted by Crippen LogP contribution is -2.44. The van der Waals surface area contributed by atoms with E-state index in [9.17, 15) is 14.7 Å². The van der Waals surface area contributed by atoms with Crippen molar-refractivity contribution in [2.45, 2.75) is 39.2 Å². The zero-order valence-electron chi connectivity index (χ0n) is 19.0. The molecule has 0 spiro atoms. The summed E-state index contributed by atoms with van der Waals surface area (Å²) in [4.78, 5) is 25.3. The standard InChI is InChI=1S/C25H30N4O4/c1-3-13-33-24(32)25(2,17-30)15-21(27-23(31)22-16-26-29-28-22)14-18-9-11-20(12-10-18)19-7-5-4-6-8-19/h4-12,16,21,30H,3,13-15,17H2,1-2H3,(H,27,31)(H,26,28,29). The maximum Gasteiger partial charge on any atom is 0.314 e. The molecule has 0 bridgehead atoms. The second-order valence-electron chi connectivity index (χ2n) is 8.37. The van der Waals surface area contributed by atoms with Crippen molar-refractivity contribution in [2.75, 3.05) is 13.2 Å². The van der Waals surface area contributed by atoms with E-state index in [1.807, 2.05) is 61.5 Å². The highest BCUT2D eigenvalue weighted by Crippen LogP contribution is 2.27. The summed E-state index contributed by atoms with van der Waals surface area (Å²) in [5.41, 5.74) is 2.27. The van der Waals surface area contributed by atoms with Gasteiger partial charge in [-0.05, 0) is 42.9 Å². The number of nitrogens with one attached hydrogen (secondary N) is 2. The fourth-order valence-corrected chi connectivity index (χ4v) is 3.62. The molecule has 1 amide bonds. The van der Waals surface area contributed by atoms with Crippen molar-refractivity contribution in [1.82, 2.24) is 20.7 Å². The molecule has 3 rings (SSSR count). The molecule has 174 valence electrons. The van der Waals surface area contributed by atoms with Gasteiger partial charge in [0.25, 0.3) is 5.91 Å². The van der Waals surface area contributed by atoms with Crippen molar-refractivity contribution < 1.29 is 19.4 Å². The Morgan fingerprint density at radius 2 is 1.82 bits per heavy atom. The van der Waals surface area contributed by atoms with Gasteiger partial charge >= 0.3 is 5.97 Å². The molecule has 3 aromatic rings. The van der Waals surface area contributed by atoms with Gasteiger partial charge < -0.3 is 15.2 Å². The molecule has 2 atom stereocenters. The zero-order valence-corrected chi connectivity index (χ0v) is 19.0. The molecule has 0 aliphatic rings. The minimum atomic E-state index is -1.15. The number of amides is 1. The number of hydrogen-bond donors (Lipinski definition) is 3. The van der Waals surface area contributed by atoms with Gasteiger partial charge in [-0.2, -0.15) is 0 Å². The van der Waals surface area contributed by atoms with Crippen molar-refractivity contribution in [3.8, 4) is 11.1 Å². The van der Waals surface area contributed by atoms with Gasteiger partial charge in [0.1, 0.15) is 5.69 Å². The Hall–Kier alpha value is -3.52. The van der Waals surface area contributed by atoms with Crippen molar-refractivity contribution >= 4 is 11.9 Å². The molecular weight excluding hydrogens is 420 g/mol. The van der Waals surface area contributed by atoms with E-state index in [4.69, 9.17) is 4.74 Å². The van der Waals surface area contributed by atoms with Crippen molar-refractivity contribution in [2.24, 2.45) is 5.41 Å². The topological polar surface area (TPSA) is 117 Å². The van der Waals surface area contributed by atoms with Crippen LogP contribution in [0.3, 0.4) is 0 Å². The molecule has 2 aromatic carbocycles. The number of H-pyrrole nitrogens is 1. The van der Waals surface area contributed by atoms with Crippen LogP contribution in [0.5, 0.6) is 0 Å². The van der Waals surface area contributed by atoms with Gasteiger partial charge in [-0.1, -0.05) is 66.7 Å². The van der Waals surface area contributed by atoms with Crippen molar-refractivity contribution in [3.05, 3.63) is 72.1 Å². The van der Waals surface area contributed by atoms with E-state index in [1.165, 1.54) is 6.20 Å². The van der Waals surface area contributed by atoms with E-state index in [-0.39, 0.29) is 31.2 Å². The van der Waals surface area contributed by atoms with Gasteiger partial charge in [-0.15, -0.1) is 5.10 Å². The number of carbonyl (C=O) groups excluding carboxylic acids is 2. The number of esters is 1. The van der Waals surface area contributed by atoms with Crippen LogP contribution in [-0.4, -0.2) is 51.6 Å². The lowest BCUT2D eigenvalue weighted by Gasteiger charge is -2.30. The molecule has 2 unspecified atom stereocenters. The molecule has 8 heteroatoms. The van der Waals surface area contributed by atoms with Gasteiger partial charge in [0.15, 0.2) is 0 Å². The molecule has 1 heterocycles. The summed E-state index contributed by atoms with van der Waals surface area (Å²) < 4.78 is 5.30. The van der Waals surface area contributed by atoms with Crippen LogP contribution < -0.4 is 5.32 Å². The molecular formula is C25H30N4O4. The van der Waals surface area contributed by atoms with Crippen LogP contribution >= 0.6 is 0 Å². The number of carbonyl (C=O) groups is 2. The number of nitrogens with zero attached hydrogens (tertiary/aromatic N) is 2. The maximum absolute atomic E-state index is 12.7. The van der Waals surface area contributed by atoms with Crippen LogP contribution in [0.4, 0.5) is 0 Å². The highest BCUT2D eigenvalue weighted by molar-refractivity contribution is 5.92. The first kappa shape index (κ1) is 24.1. The normalized spacial score (nSPS) is 13.7. The van der Waals surface area contributed by atoms with E-state index < -0.39 is 17.4 Å². The lowest BCUT2D eigenvalue weighted by molar-refractivity contribution is -0.158. The minimum absolute atomic E-state index is 0.208. The number of aromatic amines is 1. The summed E-state index contributed by atoms with van der Waals surface area (Å²) >= 11 is 0. The Kier molecular flexibility index (Phi) is 8.32. The zero-order chi connectivity index (χ0) is 23.7. The maximum atomic E-state index is 12.7. The molecule has 0 radical (unpaired) electrons. The van der Waals surface area contributed by atoms with E-state index in [2.05, 4.69) is 20.7 Å². The molecule has 33 heavy (non-hydrogen) atoms. The molecule has 0 saturated carbocycles. The average Bonchev–Trinajstić information content (AvgIpc) is 3.38. The summed E-state index contributed by atoms with van der Waals surface area (Å²) in [6.07, 6.45) is 2.70. The van der Waals surface area contributed by atoms with Crippen LogP contribution in [0, 0.1) is 5.41 Å². The molecule has 1 aromatic heterocycles. The quantitative estimate of drug-likeness (QED) is 0.386. The summed E-state index contributed by atoms with van der Waals surface area (Å²) in [6.45, 7) is 3.46. The summed E-state index contributed by atoms with van der Waals surface area (Å²) in [7, 11) is 0. The molecule has 0 saturated heterocycles. The number of rotatable bonds is 11. The summed E-state index contributed by atoms with van der Waals surface area (Å²) in [6, 6.07) is 17.7. The fraction of sp³-hybridized carbons (Fsp3) is 0.360. The van der Waals surface area contributed by atoms with Gasteiger partial charge in [0.2, 0.25) is 0 Å². The Labute approximate surface area is 193 Å². The van der Waals surface area contributed by atoms with Gasteiger partial charge in [0, 0.05) is 6.04 Å². The number of aliphatic hydroxyl groups is 1. The molecule has 8 nitrogen and oxygen atoms in total. The van der Waals surface area contributed by atoms with Crippen LogP contribution in [-0.2, 0) is 16.0 Å². The largest absolute Gasteiger partial charge is 0.465 e. The number of hydrogen-bond acceptors (Lipinski definition) is 6. The molecule has 0 aliphatic carbocycles. The second-order valence-corrected chi connectivity index (χ2v) is 8.37. The number of ether oxygens (including phenoxy) is 1. The average molecular weight is 451 g/mol. The van der Waals surface area contributed by atoms with E-state index in [0.29, 0.717) is 12.8 Å². The third-order valence-corrected chi connectivity index (χ3v) is 5.51. The predicted octanol–water partition coefficient (Wildman–Crippen LogP) is 3.15. The Morgan fingerprint density at radius 1 is 1.12 bits per heavy atom. The fourth-order valence-electron chi connectivity index (χ4n) is 3.62. The molecule has 0 aliphatic heterocycles. The van der Waals surface area contributed by atoms with Crippen LogP contribution in [0.2, 0.25) is 0 Å². The number of aromatic nitrogens is 3. The third kappa shape index (κ3) is 6.49. The van der Waals surface area contributed by atoms with Gasteiger partial charge in [-0.25, -0.2) is 0 Å². The Balaban J connectivity index is 1.79. The number of benzene rings is 2. The lowest BCUT2D eigenvalue weighted by atomic mass is 9.82. The molecule has 3 N–H and O–H groups in total. The van der Waals surface area contributed by atoms with Crippen molar-refractivity contribution in [3.63, 3.8) is 0 Å². The smallest absolute Gasteiger partial charge is 0.314 e. The first-order valence-electron chi connectivity index (χ1n) is 11.0. The van der Waals surface area contributed by atoms with Crippen LogP contribution in [0.15, 0.2) is 60.8 Å². The third-order valence-electron chi connectivity index (χ3n) is 5.51. The van der Waals surface area contributed by atoms with Crippen LogP contribution in [0.25, 0.3) is 11.1 Å². The number of aliphatic hydroxyl groups excluding tert-OH is 1. The predicted molar refractivity (Wildman–Crippen MR) is 124 cm³/mol. The van der Waals surface area contributed by atoms with E-state index in [1.54, 1.807) is 6.92 Å². The summed E-state index contributed by atoms with van der Waals surface area (Å²) in [5, 5.41) is 22.7. The Morgan fingerprint density at radius 3 is 2.42 bits per heavy atom. The van der Waals surface area contributed by atoms with E-state index >= 15 is 0 Å². The summed E-state index contributed by atoms with van der Waals surface area (Å²) in [5.74, 6) is -0.859.